The van der Waals surface area contributed by atoms with Crippen LogP contribution in [-0.2, 0) is 9.59 Å². The summed E-state index contributed by atoms with van der Waals surface area (Å²) in [6.45, 7) is 2.14. The zero-order valence-electron chi connectivity index (χ0n) is 11.8. The SMILES string of the molecule is C[C@@H]1CC[C@@H]2C(=O)N(c3ccc(SC#N)cc3)C(=O)[C@@H]2C1. The number of imide groups is 1. The fourth-order valence-corrected chi connectivity index (χ4v) is 3.74. The van der Waals surface area contributed by atoms with E-state index in [2.05, 4.69) is 6.92 Å². The second-order valence-corrected chi connectivity index (χ2v) is 6.69. The van der Waals surface area contributed by atoms with E-state index in [1.807, 2.05) is 5.40 Å². The molecule has 1 saturated heterocycles. The Morgan fingerprint density at radius 2 is 1.81 bits per heavy atom. The normalized spacial score (nSPS) is 28.4. The molecule has 2 aliphatic rings. The number of amides is 2. The fraction of sp³-hybridized carbons (Fsp3) is 0.438. The highest BCUT2D eigenvalue weighted by atomic mass is 32.2. The van der Waals surface area contributed by atoms with Gasteiger partial charge in [-0.25, -0.2) is 0 Å². The molecule has 0 bridgehead atoms. The van der Waals surface area contributed by atoms with E-state index in [1.54, 1.807) is 24.3 Å². The molecule has 2 fully saturated rings. The Kier molecular flexibility index (Phi) is 3.73. The molecule has 0 spiro atoms. The topological polar surface area (TPSA) is 61.2 Å². The number of thioether (sulfide) groups is 1. The summed E-state index contributed by atoms with van der Waals surface area (Å²) >= 11 is 1.07. The smallest absolute Gasteiger partial charge is 0.237 e. The summed E-state index contributed by atoms with van der Waals surface area (Å²) in [6, 6.07) is 7.04. The molecule has 5 heteroatoms. The van der Waals surface area contributed by atoms with Gasteiger partial charge < -0.3 is 0 Å². The summed E-state index contributed by atoms with van der Waals surface area (Å²) in [5.74, 6) is 0.114. The van der Waals surface area contributed by atoms with E-state index in [-0.39, 0.29) is 23.7 Å². The minimum absolute atomic E-state index is 0.0578. The van der Waals surface area contributed by atoms with E-state index in [0.717, 1.165) is 35.9 Å². The maximum atomic E-state index is 12.6. The average Bonchev–Trinajstić information content (AvgIpc) is 2.72. The maximum absolute atomic E-state index is 12.6. The van der Waals surface area contributed by atoms with Crippen molar-refractivity contribution in [2.24, 2.45) is 17.8 Å². The lowest BCUT2D eigenvalue weighted by atomic mass is 9.76. The van der Waals surface area contributed by atoms with Gasteiger partial charge in [0.15, 0.2) is 0 Å². The number of hydrogen-bond acceptors (Lipinski definition) is 4. The van der Waals surface area contributed by atoms with Crippen LogP contribution in [0.3, 0.4) is 0 Å². The third-order valence-corrected chi connectivity index (χ3v) is 5.05. The lowest BCUT2D eigenvalue weighted by Crippen LogP contribution is -2.30. The first-order chi connectivity index (χ1) is 10.1. The molecule has 1 heterocycles. The van der Waals surface area contributed by atoms with Crippen LogP contribution in [0.25, 0.3) is 0 Å². The third kappa shape index (κ3) is 2.44. The fourth-order valence-electron chi connectivity index (χ4n) is 3.36. The van der Waals surface area contributed by atoms with Crippen LogP contribution in [0.5, 0.6) is 0 Å². The number of benzene rings is 1. The molecule has 1 saturated carbocycles. The van der Waals surface area contributed by atoms with Gasteiger partial charge >= 0.3 is 0 Å². The largest absolute Gasteiger partial charge is 0.274 e. The minimum atomic E-state index is -0.144. The van der Waals surface area contributed by atoms with Gasteiger partial charge in [-0.05, 0) is 61.2 Å². The van der Waals surface area contributed by atoms with Gasteiger partial charge in [0.05, 0.1) is 17.5 Å². The molecule has 0 aromatic heterocycles. The number of rotatable bonds is 2. The molecule has 108 valence electrons. The van der Waals surface area contributed by atoms with Crippen molar-refractivity contribution >= 4 is 29.3 Å². The van der Waals surface area contributed by atoms with Crippen molar-refractivity contribution in [3.8, 4) is 5.40 Å². The first-order valence-electron chi connectivity index (χ1n) is 7.15. The van der Waals surface area contributed by atoms with Crippen LogP contribution in [0.2, 0.25) is 0 Å². The molecule has 1 aromatic carbocycles. The molecular formula is C16H16N2O2S. The molecule has 0 unspecified atom stereocenters. The zero-order valence-corrected chi connectivity index (χ0v) is 12.6. The number of nitriles is 1. The Balaban J connectivity index is 1.87. The van der Waals surface area contributed by atoms with Gasteiger partial charge in [-0.3, -0.25) is 14.5 Å². The van der Waals surface area contributed by atoms with Crippen LogP contribution >= 0.6 is 11.8 Å². The number of hydrogen-bond donors (Lipinski definition) is 0. The molecule has 1 aliphatic carbocycles. The minimum Gasteiger partial charge on any atom is -0.274 e. The van der Waals surface area contributed by atoms with Gasteiger partial charge in [0.2, 0.25) is 11.8 Å². The highest BCUT2D eigenvalue weighted by Gasteiger charge is 2.49. The summed E-state index contributed by atoms with van der Waals surface area (Å²) in [4.78, 5) is 27.2. The summed E-state index contributed by atoms with van der Waals surface area (Å²) < 4.78 is 0. The van der Waals surface area contributed by atoms with Crippen LogP contribution in [0.1, 0.15) is 26.2 Å². The van der Waals surface area contributed by atoms with Gasteiger partial charge in [0, 0.05) is 4.90 Å². The van der Waals surface area contributed by atoms with Gasteiger partial charge in [-0.2, -0.15) is 5.26 Å². The number of nitrogens with zero attached hydrogens (tertiary/aromatic N) is 2. The molecule has 3 rings (SSSR count). The van der Waals surface area contributed by atoms with Crippen molar-refractivity contribution < 1.29 is 9.59 Å². The lowest BCUT2D eigenvalue weighted by molar-refractivity contribution is -0.122. The van der Waals surface area contributed by atoms with Crippen molar-refractivity contribution in [1.82, 2.24) is 0 Å². The molecule has 1 aliphatic heterocycles. The van der Waals surface area contributed by atoms with Crippen molar-refractivity contribution in [2.45, 2.75) is 31.1 Å². The second-order valence-electron chi connectivity index (χ2n) is 5.83. The van der Waals surface area contributed by atoms with Crippen molar-refractivity contribution in [1.29, 1.82) is 5.26 Å². The lowest BCUT2D eigenvalue weighted by Gasteiger charge is -2.25. The number of carbonyl (C=O) groups is 2. The summed E-state index contributed by atoms with van der Waals surface area (Å²) in [5.41, 5.74) is 0.620. The average molecular weight is 300 g/mol. The van der Waals surface area contributed by atoms with E-state index in [4.69, 9.17) is 5.26 Å². The van der Waals surface area contributed by atoms with Crippen molar-refractivity contribution in [3.63, 3.8) is 0 Å². The van der Waals surface area contributed by atoms with E-state index in [9.17, 15) is 9.59 Å². The standard InChI is InChI=1S/C16H16N2O2S/c1-10-2-7-13-14(8-10)16(20)18(15(13)19)11-3-5-12(6-4-11)21-9-17/h3-6,10,13-14H,2,7-8H2,1H3/t10-,13+,14-/m1/s1. The Hall–Kier alpha value is -1.80. The van der Waals surface area contributed by atoms with Crippen LogP contribution in [-0.4, -0.2) is 11.8 Å². The first kappa shape index (κ1) is 14.2. The monoisotopic (exact) mass is 300 g/mol. The van der Waals surface area contributed by atoms with Crippen LogP contribution in [0, 0.1) is 28.4 Å². The molecule has 2 amide bonds. The highest BCUT2D eigenvalue weighted by molar-refractivity contribution is 8.03. The Labute approximate surface area is 128 Å². The number of fused-ring (bicyclic) bond motifs is 1. The zero-order chi connectivity index (χ0) is 15.0. The van der Waals surface area contributed by atoms with Crippen LogP contribution < -0.4 is 4.90 Å². The summed E-state index contributed by atoms with van der Waals surface area (Å²) in [7, 11) is 0. The second kappa shape index (κ2) is 5.53. The molecule has 0 radical (unpaired) electrons. The van der Waals surface area contributed by atoms with Gasteiger partial charge in [-0.1, -0.05) is 6.92 Å². The summed E-state index contributed by atoms with van der Waals surface area (Å²) in [5, 5.41) is 10.6. The van der Waals surface area contributed by atoms with Gasteiger partial charge in [-0.15, -0.1) is 0 Å². The Bertz CT molecular complexity index is 620. The number of thiocyanates is 1. The van der Waals surface area contributed by atoms with E-state index in [1.165, 1.54) is 4.90 Å². The third-order valence-electron chi connectivity index (χ3n) is 4.45. The van der Waals surface area contributed by atoms with Gasteiger partial charge in [0.1, 0.15) is 5.40 Å². The number of carbonyl (C=O) groups excluding carboxylic acids is 2. The van der Waals surface area contributed by atoms with Crippen LogP contribution in [0.4, 0.5) is 5.69 Å². The number of anilines is 1. The Morgan fingerprint density at radius 1 is 1.14 bits per heavy atom. The van der Waals surface area contributed by atoms with Crippen molar-refractivity contribution in [3.05, 3.63) is 24.3 Å². The predicted octanol–water partition coefficient (Wildman–Crippen LogP) is 3.19. The van der Waals surface area contributed by atoms with E-state index >= 15 is 0 Å². The van der Waals surface area contributed by atoms with Gasteiger partial charge in [0.25, 0.3) is 0 Å². The van der Waals surface area contributed by atoms with Crippen molar-refractivity contribution in [2.75, 3.05) is 4.90 Å². The first-order valence-corrected chi connectivity index (χ1v) is 7.97. The highest BCUT2D eigenvalue weighted by Crippen LogP contribution is 2.42. The Morgan fingerprint density at radius 3 is 2.48 bits per heavy atom. The molecule has 0 N–H and O–H groups in total. The van der Waals surface area contributed by atoms with Crippen LogP contribution in [0.15, 0.2) is 29.2 Å². The quantitative estimate of drug-likeness (QED) is 0.478. The van der Waals surface area contributed by atoms with E-state index < -0.39 is 0 Å². The predicted molar refractivity (Wildman–Crippen MR) is 80.4 cm³/mol. The molecule has 1 aromatic rings. The van der Waals surface area contributed by atoms with E-state index in [0.29, 0.717) is 11.6 Å². The molecule has 3 atom stereocenters. The molecule has 4 nitrogen and oxygen atoms in total. The maximum Gasteiger partial charge on any atom is 0.237 e. The molecule has 21 heavy (non-hydrogen) atoms. The molecular weight excluding hydrogens is 284 g/mol. The summed E-state index contributed by atoms with van der Waals surface area (Å²) in [6.07, 6.45) is 2.65.